The molecule has 3 aromatic rings. The summed E-state index contributed by atoms with van der Waals surface area (Å²) < 4.78 is 17.1. The summed E-state index contributed by atoms with van der Waals surface area (Å²) in [6.07, 6.45) is 7.44. The predicted molar refractivity (Wildman–Crippen MR) is 136 cm³/mol. The smallest absolute Gasteiger partial charge is 0.410 e. The maximum Gasteiger partial charge on any atom is 0.410 e. The Kier molecular flexibility index (Phi) is 7.93. The van der Waals surface area contributed by atoms with Crippen LogP contribution in [0, 0.1) is 0 Å². The van der Waals surface area contributed by atoms with Crippen LogP contribution in [0.4, 0.5) is 4.79 Å². The Balaban J connectivity index is 1.42. The van der Waals surface area contributed by atoms with Gasteiger partial charge in [0.05, 0.1) is 6.61 Å². The number of ether oxygens (including phenoxy) is 2. The van der Waals surface area contributed by atoms with Gasteiger partial charge in [-0.1, -0.05) is 56.0 Å². The Labute approximate surface area is 207 Å². The lowest BCUT2D eigenvalue weighted by Gasteiger charge is -2.26. The first-order chi connectivity index (χ1) is 16.8. The SMILES string of the molecule is CCCCCCCOc1ccc2cc(-c3noc(C4CCCN4C(=O)OC(C)(C)C)n3)ccc2c1. The molecule has 4 rings (SSSR count). The highest BCUT2D eigenvalue weighted by molar-refractivity contribution is 5.87. The second-order valence-corrected chi connectivity index (χ2v) is 10.3. The van der Waals surface area contributed by atoms with Crippen LogP contribution in [0.25, 0.3) is 22.2 Å². The zero-order valence-corrected chi connectivity index (χ0v) is 21.4. The van der Waals surface area contributed by atoms with Gasteiger partial charge in [0, 0.05) is 12.1 Å². The molecule has 1 amide bonds. The van der Waals surface area contributed by atoms with Crippen LogP contribution in [-0.4, -0.2) is 39.9 Å². The van der Waals surface area contributed by atoms with Crippen molar-refractivity contribution in [1.82, 2.24) is 15.0 Å². The highest BCUT2D eigenvalue weighted by atomic mass is 16.6. The second-order valence-electron chi connectivity index (χ2n) is 10.3. The number of hydrogen-bond acceptors (Lipinski definition) is 6. The van der Waals surface area contributed by atoms with E-state index >= 15 is 0 Å². The second kappa shape index (κ2) is 11.1. The molecule has 1 aromatic heterocycles. The van der Waals surface area contributed by atoms with Gasteiger partial charge in [-0.2, -0.15) is 4.98 Å². The van der Waals surface area contributed by atoms with E-state index in [1.165, 1.54) is 25.7 Å². The molecule has 2 aromatic carbocycles. The molecule has 1 fully saturated rings. The Hall–Kier alpha value is -3.09. The first-order valence-corrected chi connectivity index (χ1v) is 12.8. The third-order valence-corrected chi connectivity index (χ3v) is 6.19. The van der Waals surface area contributed by atoms with Crippen LogP contribution < -0.4 is 4.74 Å². The molecular weight excluding hydrogens is 442 g/mol. The van der Waals surface area contributed by atoms with E-state index in [0.717, 1.165) is 48.0 Å². The largest absolute Gasteiger partial charge is 0.494 e. The number of carbonyl (C=O) groups is 1. The molecule has 7 heteroatoms. The summed E-state index contributed by atoms with van der Waals surface area (Å²) in [7, 11) is 0. The first kappa shape index (κ1) is 25.0. The van der Waals surface area contributed by atoms with Gasteiger partial charge in [-0.25, -0.2) is 4.79 Å². The summed E-state index contributed by atoms with van der Waals surface area (Å²) in [5, 5.41) is 6.39. The molecule has 0 radical (unpaired) electrons. The fourth-order valence-electron chi connectivity index (χ4n) is 4.40. The van der Waals surface area contributed by atoms with E-state index in [0.29, 0.717) is 18.3 Å². The molecule has 0 spiro atoms. The number of benzene rings is 2. The fraction of sp³-hybridized carbons (Fsp3) is 0.536. The Morgan fingerprint density at radius 3 is 2.66 bits per heavy atom. The van der Waals surface area contributed by atoms with Gasteiger partial charge in [0.1, 0.15) is 17.4 Å². The van der Waals surface area contributed by atoms with Gasteiger partial charge in [-0.15, -0.1) is 0 Å². The van der Waals surface area contributed by atoms with Gasteiger partial charge >= 0.3 is 6.09 Å². The van der Waals surface area contributed by atoms with Crippen molar-refractivity contribution >= 4 is 16.9 Å². The Morgan fingerprint density at radius 1 is 1.09 bits per heavy atom. The van der Waals surface area contributed by atoms with Gasteiger partial charge in [-0.05, 0) is 69.0 Å². The van der Waals surface area contributed by atoms with Crippen LogP contribution in [0.1, 0.15) is 84.6 Å². The molecule has 0 aliphatic carbocycles. The lowest BCUT2D eigenvalue weighted by Crippen LogP contribution is -2.36. The topological polar surface area (TPSA) is 77.7 Å². The molecule has 188 valence electrons. The minimum absolute atomic E-state index is 0.256. The van der Waals surface area contributed by atoms with Crippen LogP contribution in [0.2, 0.25) is 0 Å². The van der Waals surface area contributed by atoms with E-state index in [4.69, 9.17) is 14.0 Å². The van der Waals surface area contributed by atoms with Crippen LogP contribution in [-0.2, 0) is 4.74 Å². The molecule has 2 heterocycles. The number of carbonyl (C=O) groups excluding carboxylic acids is 1. The van der Waals surface area contributed by atoms with Crippen molar-refractivity contribution in [3.63, 3.8) is 0 Å². The summed E-state index contributed by atoms with van der Waals surface area (Å²) in [5.74, 6) is 1.86. The maximum atomic E-state index is 12.6. The standard InChI is InChI=1S/C28H37N3O4/c1-5-6-7-8-9-17-33-23-15-14-20-18-22(13-12-21(20)19-23)25-29-26(35-30-25)24-11-10-16-31(24)27(32)34-28(2,3)4/h12-15,18-19,24H,5-11,16-17H2,1-4H3. The van der Waals surface area contributed by atoms with Gasteiger partial charge < -0.3 is 14.0 Å². The summed E-state index contributed by atoms with van der Waals surface area (Å²) in [6, 6.07) is 12.0. The van der Waals surface area contributed by atoms with Crippen LogP contribution in [0.15, 0.2) is 40.9 Å². The number of amides is 1. The predicted octanol–water partition coefficient (Wildman–Crippen LogP) is 7.31. The van der Waals surface area contributed by atoms with E-state index in [-0.39, 0.29) is 12.1 Å². The van der Waals surface area contributed by atoms with Crippen LogP contribution >= 0.6 is 0 Å². The molecular formula is C28H37N3O4. The summed E-state index contributed by atoms with van der Waals surface area (Å²) >= 11 is 0. The monoisotopic (exact) mass is 479 g/mol. The number of rotatable bonds is 9. The van der Waals surface area contributed by atoms with E-state index in [1.807, 2.05) is 32.9 Å². The number of nitrogens with zero attached hydrogens (tertiary/aromatic N) is 3. The zero-order chi connectivity index (χ0) is 24.8. The van der Waals surface area contributed by atoms with Crippen molar-refractivity contribution in [2.24, 2.45) is 0 Å². The molecule has 1 unspecified atom stereocenters. The molecule has 35 heavy (non-hydrogen) atoms. The zero-order valence-electron chi connectivity index (χ0n) is 21.4. The first-order valence-electron chi connectivity index (χ1n) is 12.8. The Bertz CT molecular complexity index is 1130. The van der Waals surface area contributed by atoms with Gasteiger partial charge in [-0.3, -0.25) is 4.90 Å². The van der Waals surface area contributed by atoms with E-state index < -0.39 is 5.60 Å². The number of unbranched alkanes of at least 4 members (excludes halogenated alkanes) is 4. The van der Waals surface area contributed by atoms with Crippen molar-refractivity contribution in [3.05, 3.63) is 42.3 Å². The minimum Gasteiger partial charge on any atom is -0.494 e. The van der Waals surface area contributed by atoms with E-state index in [9.17, 15) is 4.79 Å². The lowest BCUT2D eigenvalue weighted by atomic mass is 10.1. The van der Waals surface area contributed by atoms with Crippen molar-refractivity contribution in [1.29, 1.82) is 0 Å². The summed E-state index contributed by atoms with van der Waals surface area (Å²) in [4.78, 5) is 18.9. The van der Waals surface area contributed by atoms with Crippen molar-refractivity contribution in [2.45, 2.75) is 84.3 Å². The quantitative estimate of drug-likeness (QED) is 0.299. The van der Waals surface area contributed by atoms with Crippen molar-refractivity contribution < 1.29 is 18.8 Å². The van der Waals surface area contributed by atoms with Crippen molar-refractivity contribution in [3.8, 4) is 17.1 Å². The van der Waals surface area contributed by atoms with Crippen LogP contribution in [0.3, 0.4) is 0 Å². The number of hydrogen-bond donors (Lipinski definition) is 0. The fourth-order valence-corrected chi connectivity index (χ4v) is 4.40. The summed E-state index contributed by atoms with van der Waals surface area (Å²) in [6.45, 7) is 9.19. The number of likely N-dealkylation sites (tertiary alicyclic amines) is 1. The third-order valence-electron chi connectivity index (χ3n) is 6.19. The average molecular weight is 480 g/mol. The van der Waals surface area contributed by atoms with E-state index in [1.54, 1.807) is 4.90 Å². The number of fused-ring (bicyclic) bond motifs is 1. The molecule has 1 saturated heterocycles. The lowest BCUT2D eigenvalue weighted by molar-refractivity contribution is 0.0199. The molecule has 1 aliphatic rings. The van der Waals surface area contributed by atoms with Gasteiger partial charge in [0.25, 0.3) is 0 Å². The molecule has 1 atom stereocenters. The molecule has 0 N–H and O–H groups in total. The average Bonchev–Trinajstić information content (AvgIpc) is 3.49. The number of aromatic nitrogens is 2. The van der Waals surface area contributed by atoms with Gasteiger partial charge in [0.15, 0.2) is 0 Å². The van der Waals surface area contributed by atoms with Crippen LogP contribution in [0.5, 0.6) is 5.75 Å². The molecule has 7 nitrogen and oxygen atoms in total. The Morgan fingerprint density at radius 2 is 1.86 bits per heavy atom. The molecule has 1 aliphatic heterocycles. The minimum atomic E-state index is -0.547. The molecule has 0 bridgehead atoms. The third kappa shape index (κ3) is 6.53. The highest BCUT2D eigenvalue weighted by Crippen LogP contribution is 2.34. The molecule has 0 saturated carbocycles. The highest BCUT2D eigenvalue weighted by Gasteiger charge is 2.36. The maximum absolute atomic E-state index is 12.6. The van der Waals surface area contributed by atoms with Crippen molar-refractivity contribution in [2.75, 3.05) is 13.2 Å². The van der Waals surface area contributed by atoms with E-state index in [2.05, 4.69) is 41.3 Å². The normalized spacial score (nSPS) is 16.1. The summed E-state index contributed by atoms with van der Waals surface area (Å²) in [5.41, 5.74) is 0.327. The van der Waals surface area contributed by atoms with Gasteiger partial charge in [0.2, 0.25) is 11.7 Å².